The van der Waals surface area contributed by atoms with E-state index in [0.717, 1.165) is 51.4 Å². The Morgan fingerprint density at radius 1 is 0.621 bits per heavy atom. The molecule has 8 rings (SSSR count). The van der Waals surface area contributed by atoms with E-state index in [4.69, 9.17) is 51.6 Å². The fourth-order valence-corrected chi connectivity index (χ4v) is 12.0. The third kappa shape index (κ3) is 10.9. The minimum absolute atomic E-state index is 0.131. The molecule has 20 nitrogen and oxygen atoms in total. The first-order chi connectivity index (χ1) is 31.4. The maximum Gasteiger partial charge on any atom is 0.163 e. The molecule has 0 unspecified atom stereocenters. The number of methoxy groups -OCH3 is 4. The molecule has 4 fully saturated rings. The van der Waals surface area contributed by atoms with Crippen LogP contribution in [-0.2, 0) is 70.7 Å². The second-order valence-electron chi connectivity index (χ2n) is 17.8. The smallest absolute Gasteiger partial charge is 0.163 e. The van der Waals surface area contributed by atoms with Gasteiger partial charge in [-0.1, -0.05) is 23.2 Å². The van der Waals surface area contributed by atoms with Crippen LogP contribution in [0.3, 0.4) is 0 Å². The van der Waals surface area contributed by atoms with Crippen molar-refractivity contribution >= 4 is 42.9 Å². The summed E-state index contributed by atoms with van der Waals surface area (Å²) in [6.45, 7) is 8.16. The van der Waals surface area contributed by atoms with Crippen molar-refractivity contribution in [3.8, 4) is 0 Å². The molecule has 24 heteroatoms. The van der Waals surface area contributed by atoms with Gasteiger partial charge in [0.1, 0.15) is 47.6 Å². The normalized spacial score (nSPS) is 24.0. The molecule has 4 aromatic rings. The molecular weight excluding hydrogens is 940 g/mol. The molecule has 2 saturated heterocycles. The zero-order chi connectivity index (χ0) is 47.6. The van der Waals surface area contributed by atoms with Gasteiger partial charge in [-0.2, -0.15) is 0 Å². The minimum atomic E-state index is -3.72. The van der Waals surface area contributed by atoms with Crippen molar-refractivity contribution in [2.24, 2.45) is 0 Å². The van der Waals surface area contributed by atoms with Gasteiger partial charge in [0.2, 0.25) is 0 Å². The molecule has 66 heavy (non-hydrogen) atoms. The molecule has 4 aromatic heterocycles. The Morgan fingerprint density at radius 2 is 0.970 bits per heavy atom. The Labute approximate surface area is 396 Å². The van der Waals surface area contributed by atoms with Crippen LogP contribution < -0.4 is 0 Å². The van der Waals surface area contributed by atoms with Gasteiger partial charge in [-0.15, -0.1) is 20.4 Å². The third-order valence-corrected chi connectivity index (χ3v) is 17.4. The van der Waals surface area contributed by atoms with E-state index in [2.05, 4.69) is 40.3 Å². The van der Waals surface area contributed by atoms with Crippen molar-refractivity contribution in [2.75, 3.05) is 41.7 Å². The molecule has 0 spiro atoms. The molecule has 2 aliphatic carbocycles. The van der Waals surface area contributed by atoms with Gasteiger partial charge in [-0.05, 0) is 79.1 Å². The SMILES string of the molecule is COCC1(n2c(CS(=O)(=O)[C@@H](C)[C@H](OC)c3ncc(Cl)cn3)nnc2[C@@H]2CC[C@H](C)O2)CC1.COCC1(n2c(CS(=O)(=O)[C@@H](C)[C@H](OC)c3ncc(Cl)cn3)nnc2[C@H]2CC[C@@H](C)O2)CC1. The van der Waals surface area contributed by atoms with E-state index in [1.54, 1.807) is 28.1 Å². The molecule has 0 aromatic carbocycles. The molecule has 0 N–H and O–H groups in total. The molecule has 0 bridgehead atoms. The van der Waals surface area contributed by atoms with Gasteiger partial charge < -0.3 is 37.6 Å². The lowest BCUT2D eigenvalue weighted by molar-refractivity contribution is 0.0437. The Kier molecular flexibility index (Phi) is 15.9. The number of aromatic nitrogens is 10. The Bertz CT molecular complexity index is 2320. The maximum absolute atomic E-state index is 13.5. The highest BCUT2D eigenvalue weighted by Gasteiger charge is 2.51. The third-order valence-electron chi connectivity index (χ3n) is 12.9. The highest BCUT2D eigenvalue weighted by Crippen LogP contribution is 2.49. The molecular formula is C42H60Cl2N10O10S2. The van der Waals surface area contributed by atoms with Crippen LogP contribution in [0.15, 0.2) is 24.8 Å². The summed E-state index contributed by atoms with van der Waals surface area (Å²) >= 11 is 11.7. The van der Waals surface area contributed by atoms with E-state index in [-0.39, 0.29) is 58.6 Å². The summed E-state index contributed by atoms with van der Waals surface area (Å²) in [4.78, 5) is 16.6. The summed E-state index contributed by atoms with van der Waals surface area (Å²) in [6, 6.07) is 0. The summed E-state index contributed by atoms with van der Waals surface area (Å²) in [7, 11) is -1.27. The van der Waals surface area contributed by atoms with Crippen LogP contribution in [-0.4, -0.2) is 131 Å². The Hall–Kier alpha value is -3.32. The van der Waals surface area contributed by atoms with Gasteiger partial charge in [0.15, 0.2) is 43.0 Å². The average Bonchev–Trinajstić information content (AvgIpc) is 3.93. The average molecular weight is 1000 g/mol. The topological polar surface area (TPSA) is 237 Å². The van der Waals surface area contributed by atoms with E-state index in [1.807, 2.05) is 23.0 Å². The zero-order valence-corrected chi connectivity index (χ0v) is 41.7. The maximum atomic E-state index is 13.5. The predicted octanol–water partition coefficient (Wildman–Crippen LogP) is 5.58. The van der Waals surface area contributed by atoms with Crippen molar-refractivity contribution in [2.45, 2.75) is 149 Å². The molecule has 0 radical (unpaired) electrons. The number of sulfone groups is 2. The monoisotopic (exact) mass is 998 g/mol. The molecule has 2 aliphatic heterocycles. The fourth-order valence-electron chi connectivity index (χ4n) is 8.93. The van der Waals surface area contributed by atoms with Crippen LogP contribution in [0.5, 0.6) is 0 Å². The molecule has 2 saturated carbocycles. The Balaban J connectivity index is 0.000000196. The number of ether oxygens (including phenoxy) is 6. The van der Waals surface area contributed by atoms with Crippen LogP contribution in [0.25, 0.3) is 0 Å². The summed E-state index contributed by atoms with van der Waals surface area (Å²) in [6.07, 6.45) is 10.8. The second-order valence-corrected chi connectivity index (χ2v) is 23.4. The standard InChI is InChI=1S/2C21H30ClN5O5S/c2*1-13-5-6-16(32-13)20-26-25-17(27(20)21(7-8-21)12-30-3)11-33(28,29)14(2)18(31-4)19-23-9-15(22)10-24-19/h2*9-10,13-14,16,18H,5-8,11-12H2,1-4H3/t13-,14+,16-,18+;13-,14-,16-,18-/m10/s1. The Morgan fingerprint density at radius 3 is 1.24 bits per heavy atom. The molecule has 6 heterocycles. The number of rotatable bonds is 20. The van der Waals surface area contributed by atoms with Gasteiger partial charge in [0.05, 0.1) is 57.0 Å². The van der Waals surface area contributed by atoms with Crippen molar-refractivity contribution in [3.63, 3.8) is 0 Å². The first-order valence-corrected chi connectivity index (χ1v) is 26.2. The van der Waals surface area contributed by atoms with Gasteiger partial charge >= 0.3 is 0 Å². The second kappa shape index (κ2) is 20.7. The van der Waals surface area contributed by atoms with Gasteiger partial charge in [0, 0.05) is 53.2 Å². The minimum Gasteiger partial charge on any atom is -0.382 e. The predicted molar refractivity (Wildman–Crippen MR) is 241 cm³/mol. The van der Waals surface area contributed by atoms with Crippen LogP contribution in [0, 0.1) is 0 Å². The van der Waals surface area contributed by atoms with E-state index in [9.17, 15) is 16.8 Å². The fraction of sp³-hybridized carbons (Fsp3) is 0.714. The molecule has 0 amide bonds. The molecule has 8 atom stereocenters. The number of nitrogens with zero attached hydrogens (tertiary/aromatic N) is 10. The highest BCUT2D eigenvalue weighted by molar-refractivity contribution is 7.91. The van der Waals surface area contributed by atoms with Crippen LogP contribution in [0.4, 0.5) is 0 Å². The van der Waals surface area contributed by atoms with Crippen molar-refractivity contribution in [1.29, 1.82) is 0 Å². The van der Waals surface area contributed by atoms with E-state index in [1.165, 1.54) is 39.0 Å². The van der Waals surface area contributed by atoms with Crippen molar-refractivity contribution < 1.29 is 45.3 Å². The van der Waals surface area contributed by atoms with Crippen LogP contribution in [0.1, 0.15) is 138 Å². The number of halogens is 2. The van der Waals surface area contributed by atoms with Gasteiger partial charge in [-0.25, -0.2) is 36.8 Å². The lowest BCUT2D eigenvalue weighted by atomic mass is 10.2. The summed E-state index contributed by atoms with van der Waals surface area (Å²) in [5.41, 5.74) is -0.673. The molecule has 364 valence electrons. The summed E-state index contributed by atoms with van der Waals surface area (Å²) in [5.74, 6) is 2.07. The quantitative estimate of drug-likeness (QED) is 0.105. The highest BCUT2D eigenvalue weighted by atomic mass is 35.5. The lowest BCUT2D eigenvalue weighted by Crippen LogP contribution is -2.32. The first-order valence-electron chi connectivity index (χ1n) is 22.0. The summed E-state index contributed by atoms with van der Waals surface area (Å²) < 4.78 is 91.8. The number of hydrogen-bond acceptors (Lipinski definition) is 18. The zero-order valence-electron chi connectivity index (χ0n) is 38.5. The van der Waals surface area contributed by atoms with Gasteiger partial charge in [-0.3, -0.25) is 0 Å². The van der Waals surface area contributed by atoms with Gasteiger partial charge in [0.25, 0.3) is 0 Å². The van der Waals surface area contributed by atoms with E-state index >= 15 is 0 Å². The van der Waals surface area contributed by atoms with Crippen LogP contribution >= 0.6 is 23.2 Å². The largest absolute Gasteiger partial charge is 0.382 e. The molecule has 4 aliphatic rings. The van der Waals surface area contributed by atoms with E-state index < -0.39 is 42.4 Å². The lowest BCUT2D eigenvalue weighted by Gasteiger charge is -2.24. The number of hydrogen-bond donors (Lipinski definition) is 0. The van der Waals surface area contributed by atoms with E-state index in [0.29, 0.717) is 46.6 Å². The van der Waals surface area contributed by atoms with Crippen molar-refractivity contribution in [3.05, 3.63) is 69.8 Å². The summed E-state index contributed by atoms with van der Waals surface area (Å²) in [5, 5.41) is 16.3. The van der Waals surface area contributed by atoms with Crippen molar-refractivity contribution in [1.82, 2.24) is 49.5 Å². The first kappa shape index (κ1) is 50.6. The van der Waals surface area contributed by atoms with Crippen LogP contribution in [0.2, 0.25) is 10.0 Å².